The summed E-state index contributed by atoms with van der Waals surface area (Å²) in [6, 6.07) is 0. The van der Waals surface area contributed by atoms with E-state index in [0.717, 1.165) is 0 Å². The lowest BCUT2D eigenvalue weighted by Gasteiger charge is -2.16. The molecule has 62 valence electrons. The maximum absolute atomic E-state index is 10.9. The molecule has 1 aromatic rings. The molecule has 1 aliphatic rings. The van der Waals surface area contributed by atoms with Crippen LogP contribution in [0.5, 0.6) is 0 Å². The number of rotatable bonds is 0. The van der Waals surface area contributed by atoms with Crippen LogP contribution in [0, 0.1) is 6.92 Å². The molecule has 0 saturated carbocycles. The number of nitrogens with one attached hydrogen (secondary N) is 2. The van der Waals surface area contributed by atoms with Crippen molar-refractivity contribution in [3.63, 3.8) is 0 Å². The molecule has 1 aromatic heterocycles. The lowest BCUT2D eigenvalue weighted by atomic mass is 10.3. The average molecular weight is 164 g/mol. The molecule has 1 aliphatic heterocycles. The van der Waals surface area contributed by atoms with Crippen LogP contribution in [0.1, 0.15) is 5.82 Å². The average Bonchev–Trinajstić information content (AvgIpc) is 2.05. The molecule has 2 rings (SSSR count). The molecule has 0 spiro atoms. The number of amides is 1. The third-order valence-corrected chi connectivity index (χ3v) is 1.60. The van der Waals surface area contributed by atoms with Crippen molar-refractivity contribution in [2.45, 2.75) is 6.92 Å². The number of fused-ring (bicyclic) bond motifs is 1. The Hall–Kier alpha value is -1.65. The van der Waals surface area contributed by atoms with E-state index in [-0.39, 0.29) is 12.5 Å². The Kier molecular flexibility index (Phi) is 1.43. The summed E-state index contributed by atoms with van der Waals surface area (Å²) in [4.78, 5) is 19.0. The molecule has 2 N–H and O–H groups in total. The lowest BCUT2D eigenvalue weighted by molar-refractivity contribution is -0.114. The molecule has 0 fully saturated rings. The van der Waals surface area contributed by atoms with Gasteiger partial charge in [0, 0.05) is 0 Å². The third kappa shape index (κ3) is 1.09. The molecule has 0 aliphatic carbocycles. The second kappa shape index (κ2) is 2.44. The highest BCUT2D eigenvalue weighted by atomic mass is 16.2. The zero-order valence-electron chi connectivity index (χ0n) is 6.59. The number of carbonyl (C=O) groups excluding carboxylic acids is 1. The lowest BCUT2D eigenvalue weighted by Crippen LogP contribution is -2.28. The van der Waals surface area contributed by atoms with Gasteiger partial charge >= 0.3 is 0 Å². The summed E-state index contributed by atoms with van der Waals surface area (Å²) in [7, 11) is 0. The number of nitrogens with zero attached hydrogens (tertiary/aromatic N) is 2. The van der Waals surface area contributed by atoms with E-state index in [9.17, 15) is 4.79 Å². The Balaban J connectivity index is 2.43. The van der Waals surface area contributed by atoms with Gasteiger partial charge in [-0.25, -0.2) is 9.97 Å². The highest BCUT2D eigenvalue weighted by Gasteiger charge is 2.14. The number of anilines is 2. The maximum atomic E-state index is 10.9. The molecule has 0 bridgehead atoms. The van der Waals surface area contributed by atoms with Crippen LogP contribution in [0.25, 0.3) is 0 Å². The number of hydrogen-bond donors (Lipinski definition) is 2. The van der Waals surface area contributed by atoms with Crippen LogP contribution in [-0.2, 0) is 4.79 Å². The van der Waals surface area contributed by atoms with E-state index in [0.29, 0.717) is 17.3 Å². The first-order chi connectivity index (χ1) is 5.75. The van der Waals surface area contributed by atoms with Gasteiger partial charge in [0.2, 0.25) is 5.91 Å². The predicted molar refractivity (Wildman–Crippen MR) is 43.9 cm³/mol. The molecule has 0 aromatic carbocycles. The van der Waals surface area contributed by atoms with Gasteiger partial charge in [0.1, 0.15) is 11.5 Å². The minimum atomic E-state index is -0.0602. The van der Waals surface area contributed by atoms with Crippen LogP contribution in [0.4, 0.5) is 11.5 Å². The van der Waals surface area contributed by atoms with Crippen molar-refractivity contribution in [1.29, 1.82) is 0 Å². The molecule has 2 heterocycles. The summed E-state index contributed by atoms with van der Waals surface area (Å²) in [6.45, 7) is 2.09. The highest BCUT2D eigenvalue weighted by Crippen LogP contribution is 2.19. The summed E-state index contributed by atoms with van der Waals surface area (Å²) in [5.74, 6) is 1.33. The molecule has 0 radical (unpaired) electrons. The first kappa shape index (κ1) is 7.02. The van der Waals surface area contributed by atoms with E-state index in [1.165, 1.54) is 0 Å². The van der Waals surface area contributed by atoms with Gasteiger partial charge < -0.3 is 10.6 Å². The van der Waals surface area contributed by atoms with E-state index in [1.807, 2.05) is 0 Å². The molecule has 5 nitrogen and oxygen atoms in total. The Bertz CT molecular complexity index is 336. The smallest absolute Gasteiger partial charge is 0.243 e. The Labute approximate surface area is 69.2 Å². The van der Waals surface area contributed by atoms with Crippen LogP contribution in [0.15, 0.2) is 6.20 Å². The van der Waals surface area contributed by atoms with Crippen LogP contribution in [-0.4, -0.2) is 22.4 Å². The standard InChI is InChI=1S/C7H8N4O/c1-4-8-2-5-7(10-4)9-3-6(12)11-5/h2H,3H2,1H3,(H,11,12)(H,8,9,10). The van der Waals surface area contributed by atoms with E-state index in [1.54, 1.807) is 13.1 Å². The van der Waals surface area contributed by atoms with Crippen LogP contribution < -0.4 is 10.6 Å². The van der Waals surface area contributed by atoms with E-state index >= 15 is 0 Å². The highest BCUT2D eigenvalue weighted by molar-refractivity contribution is 5.99. The van der Waals surface area contributed by atoms with E-state index in [2.05, 4.69) is 20.6 Å². The Morgan fingerprint density at radius 2 is 2.42 bits per heavy atom. The van der Waals surface area contributed by atoms with Gasteiger partial charge in [-0.2, -0.15) is 0 Å². The van der Waals surface area contributed by atoms with Gasteiger partial charge in [-0.15, -0.1) is 0 Å². The maximum Gasteiger partial charge on any atom is 0.243 e. The SMILES string of the molecule is Cc1ncc2c(n1)NCC(=O)N2. The zero-order chi connectivity index (χ0) is 8.55. The van der Waals surface area contributed by atoms with Crippen LogP contribution in [0.2, 0.25) is 0 Å². The summed E-state index contributed by atoms with van der Waals surface area (Å²) >= 11 is 0. The first-order valence-corrected chi connectivity index (χ1v) is 3.63. The molecule has 0 saturated heterocycles. The minimum Gasteiger partial charge on any atom is -0.359 e. The van der Waals surface area contributed by atoms with Gasteiger partial charge in [0.05, 0.1) is 12.7 Å². The third-order valence-electron chi connectivity index (χ3n) is 1.60. The summed E-state index contributed by atoms with van der Waals surface area (Å²) < 4.78 is 0. The topological polar surface area (TPSA) is 66.9 Å². The molecule has 12 heavy (non-hydrogen) atoms. The van der Waals surface area contributed by atoms with E-state index < -0.39 is 0 Å². The van der Waals surface area contributed by atoms with Gasteiger partial charge in [-0.1, -0.05) is 0 Å². The summed E-state index contributed by atoms with van der Waals surface area (Å²) in [5.41, 5.74) is 0.650. The molecule has 5 heteroatoms. The summed E-state index contributed by atoms with van der Waals surface area (Å²) in [6.07, 6.45) is 1.60. The van der Waals surface area contributed by atoms with Crippen molar-refractivity contribution >= 4 is 17.4 Å². The van der Waals surface area contributed by atoms with Crippen molar-refractivity contribution in [3.05, 3.63) is 12.0 Å². The number of hydrogen-bond acceptors (Lipinski definition) is 4. The summed E-state index contributed by atoms with van der Waals surface area (Å²) in [5, 5.41) is 5.55. The quantitative estimate of drug-likeness (QED) is 0.572. The molecular weight excluding hydrogens is 156 g/mol. The number of aromatic nitrogens is 2. The Morgan fingerprint density at radius 3 is 3.25 bits per heavy atom. The fraction of sp³-hybridized carbons (Fsp3) is 0.286. The normalized spacial score (nSPS) is 14.6. The fourth-order valence-electron chi connectivity index (χ4n) is 1.05. The van der Waals surface area contributed by atoms with Crippen molar-refractivity contribution in [1.82, 2.24) is 9.97 Å². The molecule has 1 amide bonds. The number of aryl methyl sites for hydroxylation is 1. The van der Waals surface area contributed by atoms with Gasteiger partial charge in [-0.05, 0) is 6.92 Å². The predicted octanol–water partition coefficient (Wildman–Crippen LogP) is 0.149. The van der Waals surface area contributed by atoms with Gasteiger partial charge in [0.15, 0.2) is 5.82 Å². The van der Waals surface area contributed by atoms with Gasteiger partial charge in [-0.3, -0.25) is 4.79 Å². The van der Waals surface area contributed by atoms with Gasteiger partial charge in [0.25, 0.3) is 0 Å². The molecular formula is C7H8N4O. The van der Waals surface area contributed by atoms with Crippen LogP contribution >= 0.6 is 0 Å². The van der Waals surface area contributed by atoms with Crippen LogP contribution in [0.3, 0.4) is 0 Å². The number of carbonyl (C=O) groups is 1. The first-order valence-electron chi connectivity index (χ1n) is 3.63. The molecule has 0 atom stereocenters. The fourth-order valence-corrected chi connectivity index (χ4v) is 1.05. The van der Waals surface area contributed by atoms with Crippen molar-refractivity contribution < 1.29 is 4.79 Å². The minimum absolute atomic E-state index is 0.0602. The van der Waals surface area contributed by atoms with Crippen molar-refractivity contribution in [2.24, 2.45) is 0 Å². The van der Waals surface area contributed by atoms with Crippen molar-refractivity contribution in [3.8, 4) is 0 Å². The molecule has 0 unspecified atom stereocenters. The second-order valence-corrected chi connectivity index (χ2v) is 2.58. The second-order valence-electron chi connectivity index (χ2n) is 2.58. The zero-order valence-corrected chi connectivity index (χ0v) is 6.59. The monoisotopic (exact) mass is 164 g/mol. The Morgan fingerprint density at radius 1 is 1.58 bits per heavy atom. The largest absolute Gasteiger partial charge is 0.359 e. The van der Waals surface area contributed by atoms with E-state index in [4.69, 9.17) is 0 Å². The van der Waals surface area contributed by atoms with Crippen molar-refractivity contribution in [2.75, 3.05) is 17.2 Å².